The van der Waals surface area contributed by atoms with Crippen molar-refractivity contribution in [2.75, 3.05) is 11.5 Å². The molecule has 2 unspecified atom stereocenters. The monoisotopic (exact) mass is 269 g/mol. The second kappa shape index (κ2) is 5.28. The molecule has 0 spiro atoms. The predicted octanol–water partition coefficient (Wildman–Crippen LogP) is 1.14. The summed E-state index contributed by atoms with van der Waals surface area (Å²) in [7, 11) is -2.89. The van der Waals surface area contributed by atoms with Gasteiger partial charge in [-0.1, -0.05) is 12.1 Å². The van der Waals surface area contributed by atoms with Gasteiger partial charge >= 0.3 is 0 Å². The maximum Gasteiger partial charge on any atom is 0.154 e. The molecule has 0 amide bonds. The minimum Gasteiger partial charge on any atom is -0.489 e. The van der Waals surface area contributed by atoms with Crippen LogP contribution in [0.2, 0.25) is 0 Å². The van der Waals surface area contributed by atoms with Crippen LogP contribution in [0.4, 0.5) is 0 Å². The van der Waals surface area contributed by atoms with E-state index < -0.39 is 9.84 Å². The summed E-state index contributed by atoms with van der Waals surface area (Å²) in [5, 5.41) is 0. The summed E-state index contributed by atoms with van der Waals surface area (Å²) in [4.78, 5) is 0. The lowest BCUT2D eigenvalue weighted by Crippen LogP contribution is -2.19. The van der Waals surface area contributed by atoms with Crippen LogP contribution in [0.1, 0.15) is 18.9 Å². The van der Waals surface area contributed by atoms with Gasteiger partial charge < -0.3 is 10.5 Å². The van der Waals surface area contributed by atoms with Gasteiger partial charge in [-0.3, -0.25) is 0 Å². The maximum absolute atomic E-state index is 11.3. The van der Waals surface area contributed by atoms with Gasteiger partial charge in [0.15, 0.2) is 9.84 Å². The predicted molar refractivity (Wildman–Crippen MR) is 71.5 cm³/mol. The number of hydrogen-bond donors (Lipinski definition) is 1. The Morgan fingerprint density at radius 3 is 2.89 bits per heavy atom. The molecule has 1 aliphatic rings. The first-order chi connectivity index (χ1) is 8.44. The van der Waals surface area contributed by atoms with Crippen molar-refractivity contribution in [3.63, 3.8) is 0 Å². The molecule has 18 heavy (non-hydrogen) atoms. The molecule has 5 heteroatoms. The molecular formula is C13H19NO3S. The topological polar surface area (TPSA) is 69.4 Å². The molecule has 2 rings (SSSR count). The third-order valence-electron chi connectivity index (χ3n) is 2.95. The van der Waals surface area contributed by atoms with Crippen molar-refractivity contribution in [3.05, 3.63) is 29.8 Å². The molecule has 2 N–H and O–H groups in total. The van der Waals surface area contributed by atoms with E-state index in [1.807, 2.05) is 31.2 Å². The summed E-state index contributed by atoms with van der Waals surface area (Å²) in [6, 6.07) is 7.81. The van der Waals surface area contributed by atoms with Crippen LogP contribution in [-0.2, 0) is 16.3 Å². The van der Waals surface area contributed by atoms with Gasteiger partial charge in [0.05, 0.1) is 11.5 Å². The molecule has 0 radical (unpaired) electrons. The first-order valence-corrected chi connectivity index (χ1v) is 7.98. The van der Waals surface area contributed by atoms with Crippen molar-refractivity contribution >= 4 is 9.84 Å². The van der Waals surface area contributed by atoms with Crippen LogP contribution in [0.25, 0.3) is 0 Å². The largest absolute Gasteiger partial charge is 0.489 e. The van der Waals surface area contributed by atoms with Crippen LogP contribution in [0.5, 0.6) is 5.75 Å². The molecule has 0 aromatic heterocycles. The Labute approximate surface area is 108 Å². The average molecular weight is 269 g/mol. The van der Waals surface area contributed by atoms with Crippen LogP contribution in [0, 0.1) is 0 Å². The first kappa shape index (κ1) is 13.4. The number of sulfone groups is 1. The zero-order chi connectivity index (χ0) is 13.2. The molecule has 1 aliphatic heterocycles. The van der Waals surface area contributed by atoms with Gasteiger partial charge in [-0.15, -0.1) is 0 Å². The molecular weight excluding hydrogens is 250 g/mol. The Bertz CT molecular complexity index is 511. The molecule has 1 heterocycles. The highest BCUT2D eigenvalue weighted by Crippen LogP contribution is 2.21. The van der Waals surface area contributed by atoms with Gasteiger partial charge in [0.2, 0.25) is 0 Å². The molecule has 0 saturated carbocycles. The molecule has 100 valence electrons. The first-order valence-electron chi connectivity index (χ1n) is 6.16. The zero-order valence-corrected chi connectivity index (χ0v) is 11.3. The molecule has 1 aromatic carbocycles. The van der Waals surface area contributed by atoms with Crippen LogP contribution < -0.4 is 10.5 Å². The summed E-state index contributed by atoms with van der Waals surface area (Å²) in [5.74, 6) is 1.09. The SMILES string of the molecule is CC(N)Cc1cccc(OC2CCS(=O)(=O)C2)c1. The normalized spacial score (nSPS) is 23.8. The summed E-state index contributed by atoms with van der Waals surface area (Å²) < 4.78 is 28.4. The Balaban J connectivity index is 2.01. The molecule has 2 atom stereocenters. The molecule has 0 bridgehead atoms. The van der Waals surface area contributed by atoms with E-state index >= 15 is 0 Å². The fourth-order valence-corrected chi connectivity index (χ4v) is 3.75. The van der Waals surface area contributed by atoms with E-state index in [4.69, 9.17) is 10.5 Å². The Morgan fingerprint density at radius 1 is 1.50 bits per heavy atom. The van der Waals surface area contributed by atoms with Gasteiger partial charge in [0.1, 0.15) is 11.9 Å². The molecule has 0 aliphatic carbocycles. The standard InChI is InChI=1S/C13H19NO3S/c1-10(14)7-11-3-2-4-12(8-11)17-13-5-6-18(15,16)9-13/h2-4,8,10,13H,5-7,9,14H2,1H3. The minimum absolute atomic E-state index is 0.104. The fourth-order valence-electron chi connectivity index (χ4n) is 2.16. The van der Waals surface area contributed by atoms with Crippen molar-refractivity contribution in [1.29, 1.82) is 0 Å². The highest BCUT2D eigenvalue weighted by Gasteiger charge is 2.29. The van der Waals surface area contributed by atoms with Gasteiger partial charge in [-0.25, -0.2) is 8.42 Å². The molecule has 4 nitrogen and oxygen atoms in total. The lowest BCUT2D eigenvalue weighted by atomic mass is 10.1. The lowest BCUT2D eigenvalue weighted by molar-refractivity contribution is 0.228. The fraction of sp³-hybridized carbons (Fsp3) is 0.538. The smallest absolute Gasteiger partial charge is 0.154 e. The summed E-state index contributed by atoms with van der Waals surface area (Å²) >= 11 is 0. The maximum atomic E-state index is 11.3. The summed E-state index contributed by atoms with van der Waals surface area (Å²) in [6.45, 7) is 1.96. The van der Waals surface area contributed by atoms with Crippen LogP contribution >= 0.6 is 0 Å². The second-order valence-corrected chi connectivity index (χ2v) is 7.20. The summed E-state index contributed by atoms with van der Waals surface area (Å²) in [5.41, 5.74) is 6.87. The number of ether oxygens (including phenoxy) is 1. The van der Waals surface area contributed by atoms with E-state index in [1.165, 1.54) is 0 Å². The van der Waals surface area contributed by atoms with Gasteiger partial charge in [-0.2, -0.15) is 0 Å². The highest BCUT2D eigenvalue weighted by molar-refractivity contribution is 7.91. The van der Waals surface area contributed by atoms with Crippen molar-refractivity contribution < 1.29 is 13.2 Å². The van der Waals surface area contributed by atoms with Gasteiger partial charge in [0, 0.05) is 6.04 Å². The Morgan fingerprint density at radius 2 is 2.28 bits per heavy atom. The number of hydrogen-bond acceptors (Lipinski definition) is 4. The van der Waals surface area contributed by atoms with Gasteiger partial charge in [-0.05, 0) is 37.5 Å². The molecule has 1 aromatic rings. The van der Waals surface area contributed by atoms with Gasteiger partial charge in [0.25, 0.3) is 0 Å². The average Bonchev–Trinajstić information content (AvgIpc) is 2.57. The third-order valence-corrected chi connectivity index (χ3v) is 4.69. The van der Waals surface area contributed by atoms with E-state index in [2.05, 4.69) is 0 Å². The molecule has 1 saturated heterocycles. The van der Waals surface area contributed by atoms with E-state index in [9.17, 15) is 8.42 Å². The molecule has 1 fully saturated rings. The van der Waals surface area contributed by atoms with Crippen LogP contribution in [0.15, 0.2) is 24.3 Å². The van der Waals surface area contributed by atoms with E-state index in [-0.39, 0.29) is 23.7 Å². The van der Waals surface area contributed by atoms with E-state index in [0.29, 0.717) is 6.42 Å². The van der Waals surface area contributed by atoms with Crippen LogP contribution in [-0.4, -0.2) is 32.1 Å². The number of rotatable bonds is 4. The van der Waals surface area contributed by atoms with E-state index in [0.717, 1.165) is 17.7 Å². The number of benzene rings is 1. The highest BCUT2D eigenvalue weighted by atomic mass is 32.2. The van der Waals surface area contributed by atoms with Crippen molar-refractivity contribution in [2.24, 2.45) is 5.73 Å². The lowest BCUT2D eigenvalue weighted by Gasteiger charge is -2.13. The second-order valence-electron chi connectivity index (χ2n) is 4.97. The quantitative estimate of drug-likeness (QED) is 0.890. The van der Waals surface area contributed by atoms with Crippen molar-refractivity contribution in [1.82, 2.24) is 0 Å². The Kier molecular flexibility index (Phi) is 3.92. The Hall–Kier alpha value is -1.07. The zero-order valence-electron chi connectivity index (χ0n) is 10.5. The number of nitrogens with two attached hydrogens (primary N) is 1. The minimum atomic E-state index is -2.89. The third kappa shape index (κ3) is 3.71. The van der Waals surface area contributed by atoms with Crippen molar-refractivity contribution in [2.45, 2.75) is 31.9 Å². The summed E-state index contributed by atoms with van der Waals surface area (Å²) in [6.07, 6.45) is 1.17. The van der Waals surface area contributed by atoms with Crippen molar-refractivity contribution in [3.8, 4) is 5.75 Å². The van der Waals surface area contributed by atoms with Crippen LogP contribution in [0.3, 0.4) is 0 Å². The van der Waals surface area contributed by atoms with E-state index in [1.54, 1.807) is 0 Å².